The highest BCUT2D eigenvalue weighted by atomic mass is 127. The maximum atomic E-state index is 5.70. The van der Waals surface area contributed by atoms with Crippen LogP contribution in [0.3, 0.4) is 0 Å². The molecule has 2 saturated heterocycles. The number of hydrogen-bond donors (Lipinski definition) is 1. The summed E-state index contributed by atoms with van der Waals surface area (Å²) >= 11 is 0. The molecule has 1 N–H and O–H groups in total. The minimum atomic E-state index is -0.0373. The Hall–Kier alpha value is -1.22. The van der Waals surface area contributed by atoms with Crippen molar-refractivity contribution in [2.75, 3.05) is 39.6 Å². The van der Waals surface area contributed by atoms with E-state index in [4.69, 9.17) is 19.2 Å². The second-order valence-electron chi connectivity index (χ2n) is 9.66. The Morgan fingerprint density at radius 1 is 1.10 bits per heavy atom. The molecule has 168 valence electrons. The maximum absolute atomic E-state index is 5.70. The number of aliphatic imine (C=N–C) groups is 1. The van der Waals surface area contributed by atoms with E-state index in [1.807, 2.05) is 6.07 Å². The molecule has 0 atom stereocenters. The molecule has 0 aromatic heterocycles. The minimum absolute atomic E-state index is 0. The Kier molecular flexibility index (Phi) is 6.82. The summed E-state index contributed by atoms with van der Waals surface area (Å²) in [6, 6.07) is 6.36. The average Bonchev–Trinajstić information content (AvgIpc) is 3.18. The summed E-state index contributed by atoms with van der Waals surface area (Å²) in [6.07, 6.45) is 1.93. The molecule has 3 heterocycles. The minimum Gasteiger partial charge on any atom is -0.454 e. The van der Waals surface area contributed by atoms with Crippen molar-refractivity contribution in [1.82, 2.24) is 10.2 Å². The van der Waals surface area contributed by atoms with Gasteiger partial charge in [-0.25, -0.2) is 0 Å². The Bertz CT molecular complexity index is 788. The molecule has 3 aliphatic heterocycles. The van der Waals surface area contributed by atoms with Gasteiger partial charge in [0.2, 0.25) is 6.79 Å². The molecule has 0 bridgehead atoms. The van der Waals surface area contributed by atoms with Crippen LogP contribution in [-0.2, 0) is 10.2 Å². The van der Waals surface area contributed by atoms with Crippen molar-refractivity contribution in [2.45, 2.75) is 58.4 Å². The van der Waals surface area contributed by atoms with Crippen LogP contribution in [0.15, 0.2) is 23.2 Å². The molecule has 1 aromatic carbocycles. The van der Waals surface area contributed by atoms with E-state index in [9.17, 15) is 0 Å². The normalized spacial score (nSPS) is 23.4. The van der Waals surface area contributed by atoms with Gasteiger partial charge in [-0.2, -0.15) is 0 Å². The highest BCUT2D eigenvalue weighted by Gasteiger charge is 2.53. The molecule has 1 aromatic rings. The number of hydrogen-bond acceptors (Lipinski definition) is 4. The molecule has 7 heteroatoms. The molecule has 0 radical (unpaired) electrons. The van der Waals surface area contributed by atoms with Crippen LogP contribution >= 0.6 is 24.0 Å². The number of fused-ring (bicyclic) bond motifs is 1. The van der Waals surface area contributed by atoms with Gasteiger partial charge < -0.3 is 24.4 Å². The maximum Gasteiger partial charge on any atom is 0.231 e. The van der Waals surface area contributed by atoms with Gasteiger partial charge in [0.25, 0.3) is 0 Å². The van der Waals surface area contributed by atoms with Gasteiger partial charge in [-0.3, -0.25) is 4.99 Å². The SMILES string of the molecule is CCNC(=NCC1(c2ccc3c(c2)OCO3)CCOCC1)N1CC(C)(C)C1(C)C.I. The number of halogens is 1. The van der Waals surface area contributed by atoms with Gasteiger partial charge in [-0.05, 0) is 51.3 Å². The van der Waals surface area contributed by atoms with Crippen molar-refractivity contribution in [3.05, 3.63) is 23.8 Å². The molecule has 4 rings (SSSR count). The zero-order chi connectivity index (χ0) is 20.7. The predicted octanol–water partition coefficient (Wildman–Crippen LogP) is 4.17. The van der Waals surface area contributed by atoms with Gasteiger partial charge >= 0.3 is 0 Å². The lowest BCUT2D eigenvalue weighted by Gasteiger charge is -2.62. The average molecular weight is 529 g/mol. The third-order valence-electron chi connectivity index (χ3n) is 7.44. The van der Waals surface area contributed by atoms with Crippen LogP contribution in [0.2, 0.25) is 0 Å². The second kappa shape index (κ2) is 8.73. The van der Waals surface area contributed by atoms with Crippen molar-refractivity contribution in [2.24, 2.45) is 10.4 Å². The lowest BCUT2D eigenvalue weighted by atomic mass is 9.65. The number of rotatable bonds is 4. The van der Waals surface area contributed by atoms with E-state index in [0.717, 1.165) is 63.1 Å². The number of guanidine groups is 1. The number of nitrogens with zero attached hydrogens (tertiary/aromatic N) is 2. The molecule has 0 aliphatic carbocycles. The van der Waals surface area contributed by atoms with Crippen molar-refractivity contribution in [3.8, 4) is 11.5 Å². The lowest BCUT2D eigenvalue weighted by molar-refractivity contribution is -0.0669. The van der Waals surface area contributed by atoms with Crippen LogP contribution in [-0.4, -0.2) is 56.0 Å². The first-order valence-electron chi connectivity index (χ1n) is 10.8. The summed E-state index contributed by atoms with van der Waals surface area (Å²) in [6.45, 7) is 15.9. The third-order valence-corrected chi connectivity index (χ3v) is 7.44. The zero-order valence-corrected chi connectivity index (χ0v) is 21.2. The van der Waals surface area contributed by atoms with E-state index < -0.39 is 0 Å². The fourth-order valence-electron chi connectivity index (χ4n) is 4.55. The van der Waals surface area contributed by atoms with Crippen LogP contribution in [0.25, 0.3) is 0 Å². The Morgan fingerprint density at radius 2 is 1.80 bits per heavy atom. The largest absolute Gasteiger partial charge is 0.454 e. The predicted molar refractivity (Wildman–Crippen MR) is 130 cm³/mol. The second-order valence-corrected chi connectivity index (χ2v) is 9.66. The van der Waals surface area contributed by atoms with Gasteiger partial charge in [-0.1, -0.05) is 19.9 Å². The van der Waals surface area contributed by atoms with E-state index in [-0.39, 0.29) is 40.3 Å². The lowest BCUT2D eigenvalue weighted by Crippen LogP contribution is -2.72. The Morgan fingerprint density at radius 3 is 2.43 bits per heavy atom. The van der Waals surface area contributed by atoms with Gasteiger partial charge in [0.1, 0.15) is 0 Å². The Balaban J connectivity index is 0.00000256. The summed E-state index contributed by atoms with van der Waals surface area (Å²) in [7, 11) is 0. The van der Waals surface area contributed by atoms with Crippen LogP contribution in [0, 0.1) is 5.41 Å². The van der Waals surface area contributed by atoms with E-state index in [2.05, 4.69) is 57.0 Å². The van der Waals surface area contributed by atoms with E-state index in [1.54, 1.807) is 0 Å². The molecule has 0 unspecified atom stereocenters. The summed E-state index contributed by atoms with van der Waals surface area (Å²) in [4.78, 5) is 7.59. The monoisotopic (exact) mass is 529 g/mol. The van der Waals surface area contributed by atoms with Crippen molar-refractivity contribution < 1.29 is 14.2 Å². The van der Waals surface area contributed by atoms with E-state index in [0.29, 0.717) is 6.79 Å². The highest BCUT2D eigenvalue weighted by Crippen LogP contribution is 2.46. The fourth-order valence-corrected chi connectivity index (χ4v) is 4.55. The summed E-state index contributed by atoms with van der Waals surface area (Å²) in [5.74, 6) is 2.69. The van der Waals surface area contributed by atoms with Gasteiger partial charge in [0, 0.05) is 42.7 Å². The first-order valence-corrected chi connectivity index (χ1v) is 10.8. The van der Waals surface area contributed by atoms with Gasteiger partial charge in [-0.15, -0.1) is 24.0 Å². The first-order chi connectivity index (χ1) is 13.8. The van der Waals surface area contributed by atoms with E-state index >= 15 is 0 Å². The van der Waals surface area contributed by atoms with Crippen molar-refractivity contribution in [3.63, 3.8) is 0 Å². The van der Waals surface area contributed by atoms with Gasteiger partial charge in [0.05, 0.1) is 6.54 Å². The van der Waals surface area contributed by atoms with Gasteiger partial charge in [0.15, 0.2) is 17.5 Å². The quantitative estimate of drug-likeness (QED) is 0.361. The molecular formula is C23H36IN3O3. The van der Waals surface area contributed by atoms with Crippen LogP contribution in [0.4, 0.5) is 0 Å². The summed E-state index contributed by atoms with van der Waals surface area (Å²) < 4.78 is 16.9. The van der Waals surface area contributed by atoms with Crippen LogP contribution in [0.1, 0.15) is 53.0 Å². The molecule has 0 spiro atoms. The fraction of sp³-hybridized carbons (Fsp3) is 0.696. The molecule has 3 aliphatic rings. The molecule has 0 amide bonds. The topological polar surface area (TPSA) is 55.3 Å². The smallest absolute Gasteiger partial charge is 0.231 e. The molecule has 6 nitrogen and oxygen atoms in total. The standard InChI is InChI=1S/C23H35N3O3.HI/c1-6-24-20(26-15-21(2,3)22(26,4)5)25-14-23(9-11-27-12-10-23)17-7-8-18-19(13-17)29-16-28-18;/h7-8,13H,6,9-12,14-16H2,1-5H3,(H,24,25);1H. The van der Waals surface area contributed by atoms with E-state index in [1.165, 1.54) is 5.56 Å². The Labute approximate surface area is 197 Å². The van der Waals surface area contributed by atoms with Crippen LogP contribution < -0.4 is 14.8 Å². The number of likely N-dealkylation sites (tertiary alicyclic amines) is 1. The zero-order valence-electron chi connectivity index (χ0n) is 18.9. The number of benzene rings is 1. The third kappa shape index (κ3) is 3.99. The van der Waals surface area contributed by atoms with Crippen molar-refractivity contribution >= 4 is 29.9 Å². The molecule has 2 fully saturated rings. The number of ether oxygens (including phenoxy) is 3. The molecule has 0 saturated carbocycles. The van der Waals surface area contributed by atoms with Crippen LogP contribution in [0.5, 0.6) is 11.5 Å². The summed E-state index contributed by atoms with van der Waals surface area (Å²) in [5.41, 5.74) is 1.59. The summed E-state index contributed by atoms with van der Waals surface area (Å²) in [5, 5.41) is 3.53. The van der Waals surface area contributed by atoms with Crippen molar-refractivity contribution in [1.29, 1.82) is 0 Å². The highest BCUT2D eigenvalue weighted by molar-refractivity contribution is 14.0. The molecular weight excluding hydrogens is 493 g/mol. The first kappa shape index (κ1) is 23.4. The molecule has 30 heavy (non-hydrogen) atoms. The number of nitrogens with one attached hydrogen (secondary N) is 1.